The van der Waals surface area contributed by atoms with Gasteiger partial charge in [-0.15, -0.1) is 0 Å². The summed E-state index contributed by atoms with van der Waals surface area (Å²) in [7, 11) is -3.26. The lowest BCUT2D eigenvalue weighted by Gasteiger charge is -2.01. The summed E-state index contributed by atoms with van der Waals surface area (Å²) in [5, 5.41) is 1.39. The van der Waals surface area contributed by atoms with E-state index in [1.54, 1.807) is 6.07 Å². The highest BCUT2D eigenvalue weighted by Crippen LogP contribution is 2.27. The topological polar surface area (TPSA) is 51.2 Å². The molecule has 0 atom stereocenters. The van der Waals surface area contributed by atoms with Crippen molar-refractivity contribution in [1.82, 2.24) is 0 Å². The second-order valence-corrected chi connectivity index (χ2v) is 5.52. The van der Waals surface area contributed by atoms with Gasteiger partial charge in [0.1, 0.15) is 0 Å². The van der Waals surface area contributed by atoms with Gasteiger partial charge in [-0.1, -0.05) is 22.0 Å². The van der Waals surface area contributed by atoms with E-state index in [0.717, 1.165) is 5.41 Å². The summed E-state index contributed by atoms with van der Waals surface area (Å²) < 4.78 is 22.8. The molecule has 0 amide bonds. The second-order valence-electron chi connectivity index (χ2n) is 3.16. The molecule has 0 saturated heterocycles. The first-order valence-electron chi connectivity index (χ1n) is 4.21. The lowest BCUT2D eigenvalue weighted by Crippen LogP contribution is -2.01. The summed E-state index contributed by atoms with van der Waals surface area (Å²) >= 11 is 3.07. The quantitative estimate of drug-likeness (QED) is 0.617. The number of halogens is 1. The number of carbonyl (C=O) groups excluding carboxylic acids is 1. The monoisotopic (exact) mass is 286 g/mol. The van der Waals surface area contributed by atoms with E-state index in [4.69, 9.17) is 0 Å². The van der Waals surface area contributed by atoms with Gasteiger partial charge in [0.15, 0.2) is 15.6 Å². The maximum absolute atomic E-state index is 11.4. The minimum absolute atomic E-state index is 0.0597. The van der Waals surface area contributed by atoms with Crippen LogP contribution in [-0.2, 0) is 9.84 Å². The van der Waals surface area contributed by atoms with Crippen molar-refractivity contribution in [3.63, 3.8) is 0 Å². The van der Waals surface area contributed by atoms with Crippen molar-refractivity contribution in [3.05, 3.63) is 34.7 Å². The molecule has 0 unspecified atom stereocenters. The Hall–Kier alpha value is -0.940. The van der Waals surface area contributed by atoms with Gasteiger partial charge in [0.2, 0.25) is 0 Å². The smallest absolute Gasteiger partial charge is 0.200 e. The molecule has 0 radical (unpaired) electrons. The molecule has 1 aromatic rings. The third-order valence-electron chi connectivity index (χ3n) is 2.19. The molecular weight excluding hydrogens is 280 g/mol. The first-order chi connectivity index (χ1) is 7.04. The normalized spacial score (nSPS) is 16.3. The summed E-state index contributed by atoms with van der Waals surface area (Å²) in [6.07, 6.45) is 1.51. The van der Waals surface area contributed by atoms with Crippen molar-refractivity contribution in [2.45, 2.75) is 4.90 Å². The minimum Gasteiger partial charge on any atom is -0.293 e. The molecular formula is C10H7BrO3S. The molecule has 0 fully saturated rings. The Balaban J connectivity index is 2.56. The van der Waals surface area contributed by atoms with Crippen LogP contribution in [0.4, 0.5) is 0 Å². The van der Waals surface area contributed by atoms with Crippen LogP contribution in [0.1, 0.15) is 15.9 Å². The van der Waals surface area contributed by atoms with Gasteiger partial charge >= 0.3 is 0 Å². The standard InChI is InChI=1S/C10H7BrO3S/c11-6-9(12)7-1-2-10-8(5-7)3-4-15(10,13)14/h1-5H,6H2. The highest BCUT2D eigenvalue weighted by atomic mass is 79.9. The highest BCUT2D eigenvalue weighted by molar-refractivity contribution is 9.09. The predicted molar refractivity (Wildman–Crippen MR) is 60.8 cm³/mol. The van der Waals surface area contributed by atoms with Crippen molar-refractivity contribution < 1.29 is 13.2 Å². The molecule has 1 aliphatic rings. The number of carbonyl (C=O) groups is 1. The minimum atomic E-state index is -3.26. The Morgan fingerprint density at radius 3 is 2.73 bits per heavy atom. The number of Topliss-reactive ketones (excluding diaryl/α,β-unsaturated/α-hetero) is 1. The molecule has 0 N–H and O–H groups in total. The maximum Gasteiger partial charge on any atom is 0.200 e. The number of benzene rings is 1. The molecule has 2 rings (SSSR count). The van der Waals surface area contributed by atoms with Gasteiger partial charge in [-0.2, -0.15) is 0 Å². The van der Waals surface area contributed by atoms with Gasteiger partial charge in [0.05, 0.1) is 10.2 Å². The van der Waals surface area contributed by atoms with Gasteiger partial charge in [-0.05, 0) is 23.8 Å². The van der Waals surface area contributed by atoms with Crippen LogP contribution in [0.3, 0.4) is 0 Å². The first-order valence-corrected chi connectivity index (χ1v) is 6.88. The van der Waals surface area contributed by atoms with Crippen molar-refractivity contribution in [3.8, 4) is 0 Å². The third kappa shape index (κ3) is 1.77. The molecule has 15 heavy (non-hydrogen) atoms. The largest absolute Gasteiger partial charge is 0.293 e. The fourth-order valence-electron chi connectivity index (χ4n) is 1.42. The van der Waals surface area contributed by atoms with Crippen LogP contribution in [0, 0.1) is 0 Å². The number of sulfone groups is 1. The second kappa shape index (κ2) is 3.57. The number of ketones is 1. The van der Waals surface area contributed by atoms with E-state index in [0.29, 0.717) is 11.1 Å². The van der Waals surface area contributed by atoms with E-state index in [2.05, 4.69) is 15.9 Å². The van der Waals surface area contributed by atoms with E-state index >= 15 is 0 Å². The average molecular weight is 287 g/mol. The van der Waals surface area contributed by atoms with Crippen LogP contribution in [0.2, 0.25) is 0 Å². The zero-order valence-corrected chi connectivity index (χ0v) is 10.0. The summed E-state index contributed by atoms with van der Waals surface area (Å²) in [6.45, 7) is 0. The van der Waals surface area contributed by atoms with Gasteiger partial charge in [-0.3, -0.25) is 4.79 Å². The zero-order valence-electron chi connectivity index (χ0n) is 7.60. The average Bonchev–Trinajstić information content (AvgIpc) is 2.53. The van der Waals surface area contributed by atoms with Gasteiger partial charge in [-0.25, -0.2) is 8.42 Å². The van der Waals surface area contributed by atoms with E-state index < -0.39 is 9.84 Å². The summed E-state index contributed by atoms with van der Waals surface area (Å²) in [5.74, 6) is -0.0597. The number of hydrogen-bond acceptors (Lipinski definition) is 3. The van der Waals surface area contributed by atoms with Gasteiger partial charge < -0.3 is 0 Å². The van der Waals surface area contributed by atoms with E-state index in [1.165, 1.54) is 18.2 Å². The molecule has 1 aliphatic heterocycles. The Kier molecular flexibility index (Phi) is 2.52. The van der Waals surface area contributed by atoms with Crippen LogP contribution in [0.25, 0.3) is 6.08 Å². The van der Waals surface area contributed by atoms with Crippen molar-refractivity contribution >= 4 is 37.6 Å². The SMILES string of the molecule is O=C(CBr)c1ccc2c(c1)C=CS2(=O)=O. The lowest BCUT2D eigenvalue weighted by atomic mass is 10.1. The fourth-order valence-corrected chi connectivity index (χ4v) is 2.93. The molecule has 1 aromatic carbocycles. The van der Waals surface area contributed by atoms with Crippen molar-refractivity contribution in [2.24, 2.45) is 0 Å². The van der Waals surface area contributed by atoms with E-state index in [1.807, 2.05) is 0 Å². The first kappa shape index (κ1) is 10.6. The van der Waals surface area contributed by atoms with Gasteiger partial charge in [0, 0.05) is 11.0 Å². The molecule has 78 valence electrons. The maximum atomic E-state index is 11.4. The number of hydrogen-bond donors (Lipinski definition) is 0. The molecule has 3 nitrogen and oxygen atoms in total. The molecule has 1 heterocycles. The van der Waals surface area contributed by atoms with Crippen LogP contribution in [-0.4, -0.2) is 19.5 Å². The van der Waals surface area contributed by atoms with Crippen molar-refractivity contribution in [2.75, 3.05) is 5.33 Å². The molecule has 5 heteroatoms. The van der Waals surface area contributed by atoms with Crippen LogP contribution < -0.4 is 0 Å². The fraction of sp³-hybridized carbons (Fsp3) is 0.100. The number of rotatable bonds is 2. The Labute approximate surface area is 95.9 Å². The van der Waals surface area contributed by atoms with Crippen LogP contribution >= 0.6 is 15.9 Å². The third-order valence-corrected chi connectivity index (χ3v) is 4.17. The molecule has 0 aromatic heterocycles. The van der Waals surface area contributed by atoms with Crippen molar-refractivity contribution in [1.29, 1.82) is 0 Å². The summed E-state index contributed by atoms with van der Waals surface area (Å²) in [4.78, 5) is 11.6. The summed E-state index contributed by atoms with van der Waals surface area (Å²) in [6, 6.07) is 4.60. The number of fused-ring (bicyclic) bond motifs is 1. The van der Waals surface area contributed by atoms with Crippen LogP contribution in [0.15, 0.2) is 28.5 Å². The van der Waals surface area contributed by atoms with E-state index in [9.17, 15) is 13.2 Å². The predicted octanol–water partition coefficient (Wildman–Crippen LogP) is 2.02. The molecule has 0 bridgehead atoms. The van der Waals surface area contributed by atoms with E-state index in [-0.39, 0.29) is 16.0 Å². The molecule has 0 saturated carbocycles. The lowest BCUT2D eigenvalue weighted by molar-refractivity contribution is 0.102. The molecule has 0 spiro atoms. The zero-order chi connectivity index (χ0) is 11.1. The van der Waals surface area contributed by atoms with Gasteiger partial charge in [0.25, 0.3) is 0 Å². The molecule has 0 aliphatic carbocycles. The summed E-state index contributed by atoms with van der Waals surface area (Å²) in [5.41, 5.74) is 1.11. The Morgan fingerprint density at radius 1 is 1.33 bits per heavy atom. The number of alkyl halides is 1. The highest BCUT2D eigenvalue weighted by Gasteiger charge is 2.21. The Bertz CT molecular complexity index is 558. The van der Waals surface area contributed by atoms with Crippen LogP contribution in [0.5, 0.6) is 0 Å². The Morgan fingerprint density at radius 2 is 2.07 bits per heavy atom.